The first-order chi connectivity index (χ1) is 15.1. The average Bonchev–Trinajstić information content (AvgIpc) is 3.51. The number of aryl methyl sites for hydroxylation is 1. The lowest BCUT2D eigenvalue weighted by atomic mass is 10.0. The van der Waals surface area contributed by atoms with Gasteiger partial charge in [0, 0.05) is 24.6 Å². The number of nitrogens with one attached hydrogen (secondary N) is 1. The summed E-state index contributed by atoms with van der Waals surface area (Å²) in [5, 5.41) is 0. The molecule has 0 saturated heterocycles. The number of rotatable bonds is 2. The molecule has 1 amide bonds. The van der Waals surface area contributed by atoms with Crippen LogP contribution in [0.1, 0.15) is 64.5 Å². The van der Waals surface area contributed by atoms with E-state index in [4.69, 9.17) is 0 Å². The first-order valence-electron chi connectivity index (χ1n) is 11.0. The van der Waals surface area contributed by atoms with Crippen molar-refractivity contribution in [2.24, 2.45) is 0 Å². The van der Waals surface area contributed by atoms with E-state index in [9.17, 15) is 9.59 Å². The molecule has 2 aromatic carbocycles. The number of hydrogen-bond donors (Lipinski definition) is 1. The summed E-state index contributed by atoms with van der Waals surface area (Å²) >= 11 is 0. The van der Waals surface area contributed by atoms with Crippen molar-refractivity contribution in [1.29, 1.82) is 0 Å². The van der Waals surface area contributed by atoms with Crippen LogP contribution < -0.4 is 5.56 Å². The molecule has 1 fully saturated rings. The van der Waals surface area contributed by atoms with Crippen LogP contribution in [0.2, 0.25) is 0 Å². The lowest BCUT2D eigenvalue weighted by Crippen LogP contribution is -2.26. The Hall–Kier alpha value is -3.41. The summed E-state index contributed by atoms with van der Waals surface area (Å²) in [6.07, 6.45) is 6.31. The van der Waals surface area contributed by atoms with Gasteiger partial charge in [0.1, 0.15) is 11.3 Å². The van der Waals surface area contributed by atoms with Crippen molar-refractivity contribution in [3.8, 4) is 0 Å². The monoisotopic (exact) mass is 412 g/mol. The molecule has 31 heavy (non-hydrogen) atoms. The normalized spacial score (nSPS) is 16.5. The fourth-order valence-corrected chi connectivity index (χ4v) is 5.29. The quantitative estimate of drug-likeness (QED) is 0.534. The number of carbonyl (C=O) groups excluding carboxylic acids is 1. The minimum absolute atomic E-state index is 0.00167. The number of aromatic amines is 1. The second kappa shape index (κ2) is 6.80. The topological polar surface area (TPSA) is 70.5 Å². The summed E-state index contributed by atoms with van der Waals surface area (Å²) in [6.45, 7) is 3.21. The highest BCUT2D eigenvalue weighted by Crippen LogP contribution is 2.34. The van der Waals surface area contributed by atoms with E-state index in [1.54, 1.807) is 6.20 Å². The molecule has 2 aromatic heterocycles. The van der Waals surface area contributed by atoms with Crippen LogP contribution in [0.3, 0.4) is 0 Å². The van der Waals surface area contributed by atoms with E-state index in [0.29, 0.717) is 35.6 Å². The summed E-state index contributed by atoms with van der Waals surface area (Å²) in [4.78, 5) is 35.6. The molecule has 1 aliphatic carbocycles. The largest absolute Gasteiger partial charge is 0.330 e. The number of H-pyrrole nitrogens is 1. The van der Waals surface area contributed by atoms with Gasteiger partial charge in [0.05, 0.1) is 17.2 Å². The molecule has 6 rings (SSSR count). The highest BCUT2D eigenvalue weighted by molar-refractivity contribution is 5.99. The molecule has 1 N–H and O–H groups in total. The Morgan fingerprint density at radius 2 is 1.77 bits per heavy atom. The number of amides is 1. The molecule has 6 heteroatoms. The van der Waals surface area contributed by atoms with Gasteiger partial charge in [-0.15, -0.1) is 0 Å². The van der Waals surface area contributed by atoms with E-state index in [1.807, 2.05) is 40.5 Å². The Morgan fingerprint density at radius 1 is 1.06 bits per heavy atom. The maximum Gasteiger partial charge on any atom is 0.274 e. The zero-order valence-electron chi connectivity index (χ0n) is 17.5. The molecule has 1 saturated carbocycles. The third-order valence-electron chi connectivity index (χ3n) is 6.93. The molecule has 0 atom stereocenters. The molecule has 156 valence electrons. The lowest BCUT2D eigenvalue weighted by molar-refractivity contribution is 0.0751. The van der Waals surface area contributed by atoms with Gasteiger partial charge in [0.15, 0.2) is 0 Å². The van der Waals surface area contributed by atoms with Crippen LogP contribution in [0.15, 0.2) is 47.4 Å². The Morgan fingerprint density at radius 3 is 2.48 bits per heavy atom. The fraction of sp³-hybridized carbons (Fsp3) is 0.320. The van der Waals surface area contributed by atoms with Crippen molar-refractivity contribution in [1.82, 2.24) is 19.3 Å². The number of hydrogen-bond acceptors (Lipinski definition) is 3. The number of nitrogens with zero attached hydrogens (tertiary/aromatic N) is 3. The second-order valence-electron chi connectivity index (χ2n) is 8.89. The van der Waals surface area contributed by atoms with Crippen molar-refractivity contribution in [3.05, 3.63) is 81.0 Å². The summed E-state index contributed by atoms with van der Waals surface area (Å²) in [5.74, 6) is 1.35. The zero-order valence-corrected chi connectivity index (χ0v) is 17.5. The van der Waals surface area contributed by atoms with E-state index in [2.05, 4.69) is 22.1 Å². The van der Waals surface area contributed by atoms with E-state index in [1.165, 1.54) is 24.0 Å². The standard InChI is InChI=1S/C25H24N4O2/c1-15-10-21-20(11-19(15)25(31)28-13-17-8-4-5-9-18(17)14-28)27-24(30)22-12-26-23(29(21)22)16-6-2-3-7-16/h4-5,8-12,16H,2-3,6-7,13-14H2,1H3,(H,27,30). The van der Waals surface area contributed by atoms with Crippen molar-refractivity contribution in [3.63, 3.8) is 0 Å². The van der Waals surface area contributed by atoms with Gasteiger partial charge < -0.3 is 9.88 Å². The highest BCUT2D eigenvalue weighted by Gasteiger charge is 2.27. The van der Waals surface area contributed by atoms with E-state index in [0.717, 1.165) is 29.7 Å². The molecular formula is C25H24N4O2. The van der Waals surface area contributed by atoms with Crippen LogP contribution in [-0.2, 0) is 13.1 Å². The molecule has 0 unspecified atom stereocenters. The van der Waals surface area contributed by atoms with Crippen LogP contribution in [0, 0.1) is 6.92 Å². The second-order valence-corrected chi connectivity index (χ2v) is 8.89. The predicted octanol–water partition coefficient (Wildman–Crippen LogP) is 4.30. The SMILES string of the molecule is Cc1cc2c(cc1C(=O)N1Cc3ccccc3C1)[nH]c(=O)c1cnc(C3CCCC3)n12. The molecule has 0 bridgehead atoms. The minimum atomic E-state index is -0.167. The number of fused-ring (bicyclic) bond motifs is 4. The predicted molar refractivity (Wildman–Crippen MR) is 119 cm³/mol. The third-order valence-corrected chi connectivity index (χ3v) is 6.93. The Labute approximate surface area is 179 Å². The fourth-order valence-electron chi connectivity index (χ4n) is 5.29. The number of imidazole rings is 1. The van der Waals surface area contributed by atoms with Gasteiger partial charge in [-0.25, -0.2) is 4.98 Å². The van der Waals surface area contributed by atoms with Gasteiger partial charge >= 0.3 is 0 Å². The van der Waals surface area contributed by atoms with Crippen molar-refractivity contribution < 1.29 is 4.79 Å². The first-order valence-corrected chi connectivity index (χ1v) is 11.0. The molecule has 6 nitrogen and oxygen atoms in total. The van der Waals surface area contributed by atoms with Gasteiger partial charge in [-0.05, 0) is 48.6 Å². The maximum absolute atomic E-state index is 13.4. The van der Waals surface area contributed by atoms with Gasteiger partial charge in [-0.1, -0.05) is 37.1 Å². The third kappa shape index (κ3) is 2.81. The van der Waals surface area contributed by atoms with E-state index < -0.39 is 0 Å². The summed E-state index contributed by atoms with van der Waals surface area (Å²) in [5.41, 5.74) is 5.94. The number of carbonyl (C=O) groups is 1. The Balaban J connectivity index is 1.47. The highest BCUT2D eigenvalue weighted by atomic mass is 16.2. The van der Waals surface area contributed by atoms with Gasteiger partial charge in [-0.2, -0.15) is 0 Å². The summed E-state index contributed by atoms with van der Waals surface area (Å²) < 4.78 is 2.01. The first kappa shape index (κ1) is 18.4. The van der Waals surface area contributed by atoms with Crippen LogP contribution in [0.4, 0.5) is 0 Å². The Bertz CT molecular complexity index is 1380. The van der Waals surface area contributed by atoms with Crippen LogP contribution in [0.5, 0.6) is 0 Å². The van der Waals surface area contributed by atoms with E-state index >= 15 is 0 Å². The van der Waals surface area contributed by atoms with Gasteiger partial charge in [0.2, 0.25) is 0 Å². The molecule has 2 aliphatic rings. The lowest BCUT2D eigenvalue weighted by Gasteiger charge is -2.18. The summed E-state index contributed by atoms with van der Waals surface area (Å²) in [7, 11) is 0. The smallest absolute Gasteiger partial charge is 0.274 e. The number of benzene rings is 2. The molecule has 0 spiro atoms. The molecule has 3 heterocycles. The molecule has 4 aromatic rings. The van der Waals surface area contributed by atoms with Gasteiger partial charge in [0.25, 0.3) is 11.5 Å². The van der Waals surface area contributed by atoms with Crippen LogP contribution >= 0.6 is 0 Å². The summed E-state index contributed by atoms with van der Waals surface area (Å²) in [6, 6.07) is 12.0. The van der Waals surface area contributed by atoms with Crippen LogP contribution in [-0.4, -0.2) is 25.2 Å². The van der Waals surface area contributed by atoms with Crippen molar-refractivity contribution >= 4 is 22.5 Å². The average molecular weight is 412 g/mol. The number of aromatic nitrogens is 3. The Kier molecular flexibility index (Phi) is 4.03. The minimum Gasteiger partial charge on any atom is -0.330 e. The van der Waals surface area contributed by atoms with Gasteiger partial charge in [-0.3, -0.25) is 14.0 Å². The van der Waals surface area contributed by atoms with Crippen molar-refractivity contribution in [2.45, 2.75) is 51.6 Å². The van der Waals surface area contributed by atoms with Crippen molar-refractivity contribution in [2.75, 3.05) is 0 Å². The molecular weight excluding hydrogens is 388 g/mol. The zero-order chi connectivity index (χ0) is 21.1. The van der Waals surface area contributed by atoms with Crippen LogP contribution in [0.25, 0.3) is 16.6 Å². The van der Waals surface area contributed by atoms with E-state index in [-0.39, 0.29) is 11.5 Å². The maximum atomic E-state index is 13.4. The molecule has 0 radical (unpaired) electrons. The molecule has 1 aliphatic heterocycles.